The summed E-state index contributed by atoms with van der Waals surface area (Å²) in [5.74, 6) is 0.508. The maximum atomic E-state index is 12.2. The zero-order valence-corrected chi connectivity index (χ0v) is 13.9. The molecular formula is C14H16F3NO4S. The van der Waals surface area contributed by atoms with E-state index in [1.54, 1.807) is 27.7 Å². The summed E-state index contributed by atoms with van der Waals surface area (Å²) in [7, 11) is 0. The number of hydrogen-bond donors (Lipinski definition) is 0. The van der Waals surface area contributed by atoms with Gasteiger partial charge in [-0.1, -0.05) is 0 Å². The highest BCUT2D eigenvalue weighted by molar-refractivity contribution is 7.95. The lowest BCUT2D eigenvalue weighted by Gasteiger charge is -2.23. The van der Waals surface area contributed by atoms with Crippen LogP contribution in [0.1, 0.15) is 29.2 Å². The van der Waals surface area contributed by atoms with Gasteiger partial charge >= 0.3 is 5.51 Å². The molecule has 128 valence electrons. The van der Waals surface area contributed by atoms with Crippen molar-refractivity contribution in [2.75, 3.05) is 6.61 Å². The van der Waals surface area contributed by atoms with E-state index in [9.17, 15) is 23.3 Å². The van der Waals surface area contributed by atoms with Crippen molar-refractivity contribution < 1.29 is 27.0 Å². The lowest BCUT2D eigenvalue weighted by Crippen LogP contribution is -2.35. The second-order valence-electron chi connectivity index (χ2n) is 5.81. The number of nitro groups is 1. The molecule has 1 aromatic carbocycles. The second kappa shape index (κ2) is 5.86. The van der Waals surface area contributed by atoms with E-state index in [4.69, 9.17) is 4.74 Å². The number of hydrogen-bond acceptors (Lipinski definition) is 5. The van der Waals surface area contributed by atoms with Crippen LogP contribution in [-0.2, 0) is 10.6 Å². The van der Waals surface area contributed by atoms with Gasteiger partial charge in [-0.3, -0.25) is 10.1 Å². The van der Waals surface area contributed by atoms with E-state index >= 15 is 0 Å². The molecule has 0 saturated heterocycles. The van der Waals surface area contributed by atoms with Crippen molar-refractivity contribution in [2.45, 2.75) is 45.2 Å². The van der Waals surface area contributed by atoms with E-state index < -0.39 is 28.1 Å². The molecule has 1 heterocycles. The zero-order chi connectivity index (χ0) is 17.6. The first-order chi connectivity index (χ1) is 10.5. The third-order valence-corrected chi connectivity index (χ3v) is 4.36. The molecule has 0 N–H and O–H groups in total. The normalized spacial score (nSPS) is 20.3. The summed E-state index contributed by atoms with van der Waals surface area (Å²) < 4.78 is 46.9. The zero-order valence-electron chi connectivity index (χ0n) is 13.0. The Morgan fingerprint density at radius 2 is 1.91 bits per heavy atom. The number of nitro benzene ring substituents is 1. The minimum Gasteiger partial charge on any atom is -0.484 e. The van der Waals surface area contributed by atoms with Crippen molar-refractivity contribution in [1.82, 2.24) is 0 Å². The van der Waals surface area contributed by atoms with Crippen LogP contribution in [-0.4, -0.2) is 22.6 Å². The average molecular weight is 351 g/mol. The number of alkyl halides is 3. The monoisotopic (exact) mass is 351 g/mol. The Morgan fingerprint density at radius 1 is 1.30 bits per heavy atom. The number of nitrogens with zero attached hydrogens (tertiary/aromatic N) is 1. The molecule has 1 aromatic rings. The van der Waals surface area contributed by atoms with Gasteiger partial charge in [-0.05, 0) is 27.7 Å². The van der Waals surface area contributed by atoms with Gasteiger partial charge in [0.25, 0.3) is 5.69 Å². The molecule has 0 radical (unpaired) electrons. The predicted molar refractivity (Wildman–Crippen MR) is 79.6 cm³/mol. The van der Waals surface area contributed by atoms with Gasteiger partial charge in [0.1, 0.15) is 30.0 Å². The number of benzene rings is 1. The molecule has 0 saturated carbocycles. The third-order valence-electron chi connectivity index (χ3n) is 3.94. The van der Waals surface area contributed by atoms with Gasteiger partial charge in [0.15, 0.2) is 0 Å². The molecule has 1 aliphatic heterocycles. The largest absolute Gasteiger partial charge is 0.484 e. The van der Waals surface area contributed by atoms with Gasteiger partial charge in [-0.25, -0.2) is 0 Å². The topological polar surface area (TPSA) is 61.6 Å². The van der Waals surface area contributed by atoms with Crippen LogP contribution in [0.25, 0.3) is 0 Å². The molecule has 0 amide bonds. The van der Waals surface area contributed by atoms with E-state index in [2.05, 4.69) is 4.18 Å². The first-order valence-corrected chi connectivity index (χ1v) is 7.53. The first kappa shape index (κ1) is 17.9. The molecule has 0 spiro atoms. The van der Waals surface area contributed by atoms with Crippen LogP contribution < -0.4 is 4.74 Å². The minimum atomic E-state index is -4.48. The van der Waals surface area contributed by atoms with Crippen LogP contribution in [0.3, 0.4) is 0 Å². The standard InChI is InChI=1S/C14H16F3NO4S/c1-7-8(2)12-10(9(3)11(7)18(19)20)5-13(4,22-12)6-21-23-14(15,16)17/h5-6H2,1-4H3. The molecule has 1 unspecified atom stereocenters. The lowest BCUT2D eigenvalue weighted by atomic mass is 9.92. The fraction of sp³-hybridized carbons (Fsp3) is 0.571. The molecular weight excluding hydrogens is 335 g/mol. The van der Waals surface area contributed by atoms with Crippen LogP contribution in [0.2, 0.25) is 0 Å². The van der Waals surface area contributed by atoms with Gasteiger partial charge in [-0.15, -0.1) is 0 Å². The Kier molecular flexibility index (Phi) is 4.55. The van der Waals surface area contributed by atoms with Gasteiger partial charge < -0.3 is 8.92 Å². The quantitative estimate of drug-likeness (QED) is 0.457. The summed E-state index contributed by atoms with van der Waals surface area (Å²) in [4.78, 5) is 10.8. The summed E-state index contributed by atoms with van der Waals surface area (Å²) >= 11 is -0.571. The summed E-state index contributed by atoms with van der Waals surface area (Å²) in [5.41, 5.74) is -3.17. The maximum absolute atomic E-state index is 12.2. The highest BCUT2D eigenvalue weighted by atomic mass is 32.2. The second-order valence-corrected chi connectivity index (χ2v) is 6.67. The molecule has 5 nitrogen and oxygen atoms in total. The first-order valence-electron chi connectivity index (χ1n) is 6.78. The molecule has 0 aliphatic carbocycles. The highest BCUT2D eigenvalue weighted by Gasteiger charge is 2.41. The smallest absolute Gasteiger partial charge is 0.467 e. The fourth-order valence-electron chi connectivity index (χ4n) is 2.75. The highest BCUT2D eigenvalue weighted by Crippen LogP contribution is 2.45. The maximum Gasteiger partial charge on any atom is 0.467 e. The summed E-state index contributed by atoms with van der Waals surface area (Å²) in [6.45, 7) is 6.32. The molecule has 0 fully saturated rings. The number of halogens is 3. The predicted octanol–water partition coefficient (Wildman–Crippen LogP) is 4.40. The fourth-order valence-corrected chi connectivity index (χ4v) is 3.19. The van der Waals surface area contributed by atoms with Crippen LogP contribution in [0, 0.1) is 30.9 Å². The van der Waals surface area contributed by atoms with Crippen molar-refractivity contribution in [3.05, 3.63) is 32.4 Å². The van der Waals surface area contributed by atoms with Crippen LogP contribution >= 0.6 is 12.0 Å². The van der Waals surface area contributed by atoms with E-state index in [1.807, 2.05) is 0 Å². The molecule has 2 rings (SSSR count). The molecule has 0 aromatic heterocycles. The SMILES string of the molecule is Cc1c(C)c([N+](=O)[O-])c(C)c2c1OC(C)(COSC(F)(F)F)C2. The Labute approximate surface area is 135 Å². The van der Waals surface area contributed by atoms with Crippen molar-refractivity contribution in [1.29, 1.82) is 0 Å². The van der Waals surface area contributed by atoms with Crippen molar-refractivity contribution in [2.24, 2.45) is 0 Å². The van der Waals surface area contributed by atoms with Gasteiger partial charge in [-0.2, -0.15) is 13.2 Å². The molecule has 1 aliphatic rings. The molecule has 1 atom stereocenters. The summed E-state index contributed by atoms with van der Waals surface area (Å²) in [6, 6.07) is 0. The Morgan fingerprint density at radius 3 is 2.43 bits per heavy atom. The van der Waals surface area contributed by atoms with Crippen molar-refractivity contribution in [3.63, 3.8) is 0 Å². The van der Waals surface area contributed by atoms with E-state index in [-0.39, 0.29) is 18.7 Å². The summed E-state index contributed by atoms with van der Waals surface area (Å²) in [5, 5.41) is 11.3. The molecule has 23 heavy (non-hydrogen) atoms. The van der Waals surface area contributed by atoms with Crippen molar-refractivity contribution in [3.8, 4) is 5.75 Å². The van der Waals surface area contributed by atoms with Gasteiger partial charge in [0.05, 0.1) is 4.92 Å². The number of rotatable bonds is 4. The van der Waals surface area contributed by atoms with Crippen LogP contribution in [0.5, 0.6) is 5.75 Å². The number of fused-ring (bicyclic) bond motifs is 1. The van der Waals surface area contributed by atoms with Crippen LogP contribution in [0.4, 0.5) is 18.9 Å². The van der Waals surface area contributed by atoms with Crippen molar-refractivity contribution >= 4 is 17.7 Å². The van der Waals surface area contributed by atoms with E-state index in [0.717, 1.165) is 0 Å². The Balaban J connectivity index is 2.29. The molecule has 0 bridgehead atoms. The summed E-state index contributed by atoms with van der Waals surface area (Å²) in [6.07, 6.45) is 0.258. The Bertz CT molecular complexity index is 663. The van der Waals surface area contributed by atoms with Gasteiger partial charge in [0.2, 0.25) is 0 Å². The Hall–Kier alpha value is -1.48. The van der Waals surface area contributed by atoms with Gasteiger partial charge in [0, 0.05) is 28.7 Å². The third kappa shape index (κ3) is 3.55. The van der Waals surface area contributed by atoms with E-state index in [0.29, 0.717) is 28.0 Å². The number of ether oxygens (including phenoxy) is 1. The minimum absolute atomic E-state index is 0.0275. The molecule has 9 heteroatoms. The average Bonchev–Trinajstić information content (AvgIpc) is 2.73. The lowest BCUT2D eigenvalue weighted by molar-refractivity contribution is -0.386. The van der Waals surface area contributed by atoms with E-state index in [1.165, 1.54) is 0 Å². The van der Waals surface area contributed by atoms with Crippen LogP contribution in [0.15, 0.2) is 0 Å².